The number of anilines is 1. The predicted molar refractivity (Wildman–Crippen MR) is 134 cm³/mol. The van der Waals surface area contributed by atoms with E-state index in [1.165, 1.54) is 11.8 Å². The predicted octanol–water partition coefficient (Wildman–Crippen LogP) is 3.15. The molecule has 1 amide bonds. The maximum Gasteiger partial charge on any atom is 0.232 e. The highest BCUT2D eigenvalue weighted by Gasteiger charge is 2.23. The molecule has 5 rings (SSSR count). The number of amides is 1. The summed E-state index contributed by atoms with van der Waals surface area (Å²) in [5, 5.41) is 12.7. The molecule has 0 spiro atoms. The summed E-state index contributed by atoms with van der Waals surface area (Å²) in [5.74, 6) is 2.37. The Morgan fingerprint density at radius 1 is 1.06 bits per heavy atom. The Bertz CT molecular complexity index is 1190. The molecule has 2 aromatic carbocycles. The quantitative estimate of drug-likeness (QED) is 0.500. The van der Waals surface area contributed by atoms with Crippen molar-refractivity contribution < 1.29 is 19.0 Å². The Hall–Kier alpha value is -3.24. The summed E-state index contributed by atoms with van der Waals surface area (Å²) >= 11 is 1.38. The van der Waals surface area contributed by atoms with Gasteiger partial charge in [-0.15, -0.1) is 10.2 Å². The maximum atomic E-state index is 12.8. The lowest BCUT2D eigenvalue weighted by Crippen LogP contribution is -2.38. The van der Waals surface area contributed by atoms with E-state index in [2.05, 4.69) is 39.5 Å². The summed E-state index contributed by atoms with van der Waals surface area (Å²) in [6.07, 6.45) is 0. The minimum absolute atomic E-state index is 0.0790. The monoisotopic (exact) mass is 495 g/mol. The number of hydrogen-bond acceptors (Lipinski definition) is 8. The van der Waals surface area contributed by atoms with Gasteiger partial charge in [-0.25, -0.2) is 0 Å². The molecular formula is C25H29N5O4S. The van der Waals surface area contributed by atoms with E-state index in [9.17, 15) is 4.79 Å². The number of thioether (sulfide) groups is 1. The Kier molecular flexibility index (Phi) is 7.10. The average Bonchev–Trinajstić information content (AvgIpc) is 3.31. The van der Waals surface area contributed by atoms with Gasteiger partial charge in [-0.2, -0.15) is 0 Å². The van der Waals surface area contributed by atoms with Gasteiger partial charge in [-0.1, -0.05) is 36.0 Å². The first-order valence-electron chi connectivity index (χ1n) is 11.8. The summed E-state index contributed by atoms with van der Waals surface area (Å²) in [7, 11) is 0. The molecule has 3 heterocycles. The molecule has 184 valence electrons. The van der Waals surface area contributed by atoms with E-state index in [-0.39, 0.29) is 17.7 Å². The average molecular weight is 496 g/mol. The Balaban J connectivity index is 1.29. The Morgan fingerprint density at radius 3 is 2.63 bits per heavy atom. The molecule has 1 aromatic heterocycles. The van der Waals surface area contributed by atoms with Gasteiger partial charge in [0.25, 0.3) is 0 Å². The molecule has 35 heavy (non-hydrogen) atoms. The summed E-state index contributed by atoms with van der Waals surface area (Å²) in [6.45, 7) is 7.92. The van der Waals surface area contributed by atoms with Crippen molar-refractivity contribution in [3.8, 4) is 17.2 Å². The lowest BCUT2D eigenvalue weighted by molar-refractivity contribution is -0.119. The zero-order valence-electron chi connectivity index (χ0n) is 19.9. The smallest absolute Gasteiger partial charge is 0.232 e. The number of ether oxygens (including phenoxy) is 3. The highest BCUT2D eigenvalue weighted by Crippen LogP contribution is 2.33. The topological polar surface area (TPSA) is 90.7 Å². The van der Waals surface area contributed by atoms with Gasteiger partial charge in [0.2, 0.25) is 11.9 Å². The fourth-order valence-corrected chi connectivity index (χ4v) is 4.93. The zero-order valence-corrected chi connectivity index (χ0v) is 20.7. The van der Waals surface area contributed by atoms with Crippen molar-refractivity contribution in [3.63, 3.8) is 0 Å². The zero-order chi connectivity index (χ0) is 24.2. The number of carbonyl (C=O) groups excluding carboxylic acids is 1. The van der Waals surface area contributed by atoms with Crippen molar-refractivity contribution >= 4 is 23.6 Å². The van der Waals surface area contributed by atoms with Crippen molar-refractivity contribution in [2.45, 2.75) is 25.0 Å². The van der Waals surface area contributed by atoms with Crippen molar-refractivity contribution in [3.05, 3.63) is 53.6 Å². The van der Waals surface area contributed by atoms with Gasteiger partial charge in [-0.3, -0.25) is 9.36 Å². The lowest BCUT2D eigenvalue weighted by Gasteiger charge is -2.28. The second-order valence-corrected chi connectivity index (χ2v) is 9.43. The van der Waals surface area contributed by atoms with Crippen LogP contribution >= 0.6 is 11.8 Å². The fraction of sp³-hybridized carbons (Fsp3) is 0.400. The van der Waals surface area contributed by atoms with Crippen LogP contribution in [-0.2, 0) is 9.53 Å². The standard InChI is InChI=1S/C25H29N5O4S/c1-17-5-3-4-6-20(17)30-24(29-9-11-32-12-10-29)27-28-25(30)35-16-23(31)26-18(2)19-7-8-21-22(15-19)34-14-13-33-21/h3-8,15,18H,9-14,16H2,1-2H3,(H,26,31). The molecule has 1 fully saturated rings. The summed E-state index contributed by atoms with van der Waals surface area (Å²) in [5.41, 5.74) is 3.08. The first-order valence-corrected chi connectivity index (χ1v) is 12.7. The van der Waals surface area contributed by atoms with E-state index in [0.717, 1.165) is 41.6 Å². The molecule has 2 aliphatic heterocycles. The van der Waals surface area contributed by atoms with Crippen LogP contribution in [-0.4, -0.2) is 65.9 Å². The minimum Gasteiger partial charge on any atom is -0.486 e. The molecule has 9 nitrogen and oxygen atoms in total. The van der Waals surface area contributed by atoms with Gasteiger partial charge in [0.05, 0.1) is 30.7 Å². The van der Waals surface area contributed by atoms with E-state index >= 15 is 0 Å². The van der Waals surface area contributed by atoms with Gasteiger partial charge in [-0.05, 0) is 43.2 Å². The highest BCUT2D eigenvalue weighted by molar-refractivity contribution is 7.99. The van der Waals surface area contributed by atoms with Crippen LogP contribution in [0.3, 0.4) is 0 Å². The molecule has 0 aliphatic carbocycles. The van der Waals surface area contributed by atoms with Crippen molar-refractivity contribution in [2.75, 3.05) is 50.2 Å². The van der Waals surface area contributed by atoms with E-state index < -0.39 is 0 Å². The van der Waals surface area contributed by atoms with Crippen LogP contribution in [0.1, 0.15) is 24.1 Å². The van der Waals surface area contributed by atoms with Crippen molar-refractivity contribution in [1.29, 1.82) is 0 Å². The second kappa shape index (κ2) is 10.6. The van der Waals surface area contributed by atoms with E-state index in [4.69, 9.17) is 14.2 Å². The summed E-state index contributed by atoms with van der Waals surface area (Å²) in [4.78, 5) is 15.0. The van der Waals surface area contributed by atoms with Crippen LogP contribution < -0.4 is 19.7 Å². The number of rotatable bonds is 7. The number of aryl methyl sites for hydroxylation is 1. The molecule has 1 N–H and O–H groups in total. The molecule has 0 radical (unpaired) electrons. The van der Waals surface area contributed by atoms with Gasteiger partial charge in [0, 0.05) is 13.1 Å². The fourth-order valence-electron chi connectivity index (χ4n) is 4.17. The Morgan fingerprint density at radius 2 is 1.83 bits per heavy atom. The van der Waals surface area contributed by atoms with Crippen molar-refractivity contribution in [2.24, 2.45) is 0 Å². The number of fused-ring (bicyclic) bond motifs is 1. The number of morpholine rings is 1. The van der Waals surface area contributed by atoms with Crippen LogP contribution in [0.25, 0.3) is 5.69 Å². The SMILES string of the molecule is Cc1ccccc1-n1c(SCC(=O)NC(C)c2ccc3c(c2)OCCO3)nnc1N1CCOCC1. The van der Waals surface area contributed by atoms with Crippen LogP contribution in [0.2, 0.25) is 0 Å². The van der Waals surface area contributed by atoms with Gasteiger partial charge >= 0.3 is 0 Å². The molecule has 2 aliphatic rings. The highest BCUT2D eigenvalue weighted by atomic mass is 32.2. The Labute approximate surface area is 208 Å². The molecular weight excluding hydrogens is 466 g/mol. The van der Waals surface area contributed by atoms with E-state index in [1.807, 2.05) is 41.8 Å². The number of benzene rings is 2. The maximum absolute atomic E-state index is 12.8. The summed E-state index contributed by atoms with van der Waals surface area (Å²) in [6, 6.07) is 13.7. The number of aromatic nitrogens is 3. The largest absolute Gasteiger partial charge is 0.486 e. The first kappa shape index (κ1) is 23.5. The number of carbonyl (C=O) groups is 1. The number of para-hydroxylation sites is 1. The molecule has 1 saturated heterocycles. The van der Waals surface area contributed by atoms with Crippen LogP contribution in [0.4, 0.5) is 5.95 Å². The number of nitrogens with one attached hydrogen (secondary N) is 1. The van der Waals surface area contributed by atoms with Crippen LogP contribution in [0, 0.1) is 6.92 Å². The van der Waals surface area contributed by atoms with Crippen LogP contribution in [0.15, 0.2) is 47.6 Å². The molecule has 0 saturated carbocycles. The van der Waals surface area contributed by atoms with E-state index in [0.29, 0.717) is 37.3 Å². The van der Waals surface area contributed by atoms with Crippen molar-refractivity contribution in [1.82, 2.24) is 20.1 Å². The molecule has 10 heteroatoms. The normalized spacial score (nSPS) is 16.1. The third-order valence-corrected chi connectivity index (χ3v) is 6.97. The van der Waals surface area contributed by atoms with Gasteiger partial charge < -0.3 is 24.4 Å². The van der Waals surface area contributed by atoms with Gasteiger partial charge in [0.15, 0.2) is 16.7 Å². The van der Waals surface area contributed by atoms with Crippen LogP contribution in [0.5, 0.6) is 11.5 Å². The molecule has 3 aromatic rings. The van der Waals surface area contributed by atoms with E-state index in [1.54, 1.807) is 0 Å². The number of hydrogen-bond donors (Lipinski definition) is 1. The molecule has 0 bridgehead atoms. The summed E-state index contributed by atoms with van der Waals surface area (Å²) < 4.78 is 18.8. The number of nitrogens with zero attached hydrogens (tertiary/aromatic N) is 4. The minimum atomic E-state index is -0.169. The third-order valence-electron chi connectivity index (χ3n) is 6.04. The lowest BCUT2D eigenvalue weighted by atomic mass is 10.1. The molecule has 1 atom stereocenters. The first-order chi connectivity index (χ1) is 17.1. The third kappa shape index (κ3) is 5.23. The molecule has 1 unspecified atom stereocenters. The van der Waals surface area contributed by atoms with Gasteiger partial charge in [0.1, 0.15) is 13.2 Å². The second-order valence-electron chi connectivity index (χ2n) is 8.48.